The first kappa shape index (κ1) is 15.1. The molecular formula is C9H5BrF6O2. The Bertz CT molecular complexity index is 391. The Morgan fingerprint density at radius 1 is 1.00 bits per heavy atom. The van der Waals surface area contributed by atoms with Crippen LogP contribution in [0.2, 0.25) is 0 Å². The average Bonchev–Trinajstić information content (AvgIpc) is 2.18. The van der Waals surface area contributed by atoms with Gasteiger partial charge in [-0.05, 0) is 24.3 Å². The highest BCUT2D eigenvalue weighted by molar-refractivity contribution is 9.10. The zero-order valence-electron chi connectivity index (χ0n) is 8.35. The Kier molecular flexibility index (Phi) is 4.49. The van der Waals surface area contributed by atoms with Crippen molar-refractivity contribution in [3.63, 3.8) is 0 Å². The third-order valence-corrected chi connectivity index (χ3v) is 2.10. The van der Waals surface area contributed by atoms with Crippen molar-refractivity contribution >= 4 is 15.9 Å². The maximum Gasteiger partial charge on any atom is 0.525 e. The molecule has 0 spiro atoms. The van der Waals surface area contributed by atoms with Gasteiger partial charge in [-0.2, -0.15) is 8.78 Å². The van der Waals surface area contributed by atoms with Crippen molar-refractivity contribution in [2.45, 2.75) is 18.8 Å². The molecule has 0 aliphatic heterocycles. The smallest absolute Gasteiger partial charge is 0.429 e. The molecule has 102 valence electrons. The van der Waals surface area contributed by atoms with Gasteiger partial charge in [-0.25, -0.2) is 9.13 Å². The molecule has 0 unspecified atom stereocenters. The lowest BCUT2D eigenvalue weighted by Crippen LogP contribution is -2.41. The molecule has 0 amide bonds. The minimum atomic E-state index is -5.52. The van der Waals surface area contributed by atoms with E-state index in [1.165, 1.54) is 12.1 Å². The zero-order valence-corrected chi connectivity index (χ0v) is 9.93. The number of alkyl halides is 6. The molecule has 0 radical (unpaired) electrons. The highest BCUT2D eigenvalue weighted by atomic mass is 79.9. The van der Waals surface area contributed by atoms with Gasteiger partial charge in [0.2, 0.25) is 0 Å². The maximum absolute atomic E-state index is 12.9. The minimum Gasteiger partial charge on any atom is -0.429 e. The molecule has 0 N–H and O–H groups in total. The van der Waals surface area contributed by atoms with Crippen LogP contribution in [0.4, 0.5) is 26.3 Å². The maximum atomic E-state index is 12.9. The quantitative estimate of drug-likeness (QED) is 0.764. The van der Waals surface area contributed by atoms with Crippen LogP contribution in [0.15, 0.2) is 28.7 Å². The third-order valence-electron chi connectivity index (χ3n) is 1.57. The Balaban J connectivity index is 2.71. The summed E-state index contributed by atoms with van der Waals surface area (Å²) in [7, 11) is 0. The zero-order chi connectivity index (χ0) is 14.0. The summed E-state index contributed by atoms with van der Waals surface area (Å²) in [5.74, 6) is -0.503. The first-order valence-electron chi connectivity index (χ1n) is 4.31. The predicted octanol–water partition coefficient (Wildman–Crippen LogP) is 4.25. The second-order valence-corrected chi connectivity index (χ2v) is 3.91. The van der Waals surface area contributed by atoms with Gasteiger partial charge in [0.05, 0.1) is 0 Å². The van der Waals surface area contributed by atoms with Gasteiger partial charge in [0.1, 0.15) is 5.75 Å². The summed E-state index contributed by atoms with van der Waals surface area (Å²) < 4.78 is 80.0. The van der Waals surface area contributed by atoms with Crippen molar-refractivity contribution < 1.29 is 35.8 Å². The van der Waals surface area contributed by atoms with Crippen LogP contribution in [0.5, 0.6) is 5.75 Å². The van der Waals surface area contributed by atoms with Crippen LogP contribution in [0.25, 0.3) is 0 Å². The molecule has 1 rings (SSSR count). The highest BCUT2D eigenvalue weighted by Crippen LogP contribution is 2.32. The summed E-state index contributed by atoms with van der Waals surface area (Å²) >= 11 is 3.00. The van der Waals surface area contributed by atoms with Gasteiger partial charge < -0.3 is 4.74 Å². The van der Waals surface area contributed by atoms with Crippen molar-refractivity contribution in [3.8, 4) is 5.75 Å². The van der Waals surface area contributed by atoms with E-state index >= 15 is 0 Å². The fourth-order valence-electron chi connectivity index (χ4n) is 0.892. The normalized spacial score (nSPS) is 14.4. The molecule has 9 heteroatoms. The standard InChI is InChI=1S/C9H5BrF6O2/c10-5-1-3-6(4-2-5)17-8(12,13)7(11)18-9(14,15)16/h1-4,7H/t7-/m0/s1. The summed E-state index contributed by atoms with van der Waals surface area (Å²) in [6, 6.07) is 4.64. The van der Waals surface area contributed by atoms with Crippen molar-refractivity contribution in [1.29, 1.82) is 0 Å². The fourth-order valence-corrected chi connectivity index (χ4v) is 1.16. The lowest BCUT2D eigenvalue weighted by molar-refractivity contribution is -0.411. The van der Waals surface area contributed by atoms with Crippen molar-refractivity contribution in [1.82, 2.24) is 0 Å². The number of benzene rings is 1. The van der Waals surface area contributed by atoms with Crippen LogP contribution in [0.1, 0.15) is 0 Å². The Morgan fingerprint density at radius 3 is 1.94 bits per heavy atom. The van der Waals surface area contributed by atoms with Gasteiger partial charge in [-0.1, -0.05) is 15.9 Å². The molecule has 0 heterocycles. The predicted molar refractivity (Wildman–Crippen MR) is 51.8 cm³/mol. The second kappa shape index (κ2) is 5.35. The molecular weight excluding hydrogens is 334 g/mol. The van der Waals surface area contributed by atoms with E-state index in [0.29, 0.717) is 4.47 Å². The Hall–Kier alpha value is -0.960. The summed E-state index contributed by atoms with van der Waals surface area (Å²) in [4.78, 5) is 0. The number of halogens is 7. The summed E-state index contributed by atoms with van der Waals surface area (Å²) in [5.41, 5.74) is 0. The highest BCUT2D eigenvalue weighted by Gasteiger charge is 2.50. The van der Waals surface area contributed by atoms with E-state index in [-0.39, 0.29) is 0 Å². The largest absolute Gasteiger partial charge is 0.525 e. The van der Waals surface area contributed by atoms with Crippen molar-refractivity contribution in [2.24, 2.45) is 0 Å². The third kappa shape index (κ3) is 4.73. The summed E-state index contributed by atoms with van der Waals surface area (Å²) in [6.07, 6.45) is -14.2. The van der Waals surface area contributed by atoms with E-state index in [4.69, 9.17) is 0 Å². The number of ether oxygens (including phenoxy) is 2. The van der Waals surface area contributed by atoms with Gasteiger partial charge in [0.15, 0.2) is 0 Å². The molecule has 2 nitrogen and oxygen atoms in total. The molecule has 0 aliphatic carbocycles. The lowest BCUT2D eigenvalue weighted by atomic mass is 10.3. The lowest BCUT2D eigenvalue weighted by Gasteiger charge is -2.22. The SMILES string of the molecule is F[C@@H](OC(F)(F)F)C(F)(F)Oc1ccc(Br)cc1. The van der Waals surface area contributed by atoms with E-state index in [2.05, 4.69) is 25.4 Å². The van der Waals surface area contributed by atoms with E-state index in [1.54, 1.807) is 0 Å². The molecule has 1 aromatic rings. The van der Waals surface area contributed by atoms with Crippen LogP contribution in [0.3, 0.4) is 0 Å². The molecule has 0 aromatic heterocycles. The molecule has 0 saturated carbocycles. The fraction of sp³-hybridized carbons (Fsp3) is 0.333. The van der Waals surface area contributed by atoms with Crippen LogP contribution in [-0.2, 0) is 4.74 Å². The topological polar surface area (TPSA) is 18.5 Å². The average molecular weight is 339 g/mol. The van der Waals surface area contributed by atoms with E-state index in [1.807, 2.05) is 0 Å². The Morgan fingerprint density at radius 2 is 1.50 bits per heavy atom. The first-order valence-corrected chi connectivity index (χ1v) is 5.10. The van der Waals surface area contributed by atoms with Gasteiger partial charge in [0.25, 0.3) is 0 Å². The monoisotopic (exact) mass is 338 g/mol. The van der Waals surface area contributed by atoms with E-state index in [9.17, 15) is 26.3 Å². The van der Waals surface area contributed by atoms with Crippen LogP contribution >= 0.6 is 15.9 Å². The van der Waals surface area contributed by atoms with Crippen LogP contribution < -0.4 is 4.74 Å². The molecule has 18 heavy (non-hydrogen) atoms. The van der Waals surface area contributed by atoms with Gasteiger partial charge in [-0.15, -0.1) is 13.2 Å². The van der Waals surface area contributed by atoms with Crippen molar-refractivity contribution in [3.05, 3.63) is 28.7 Å². The molecule has 0 bridgehead atoms. The molecule has 1 aromatic carbocycles. The van der Waals surface area contributed by atoms with Gasteiger partial charge in [0, 0.05) is 4.47 Å². The van der Waals surface area contributed by atoms with Gasteiger partial charge >= 0.3 is 18.8 Å². The molecule has 0 saturated heterocycles. The number of rotatable bonds is 4. The van der Waals surface area contributed by atoms with E-state index in [0.717, 1.165) is 12.1 Å². The molecule has 1 atom stereocenters. The number of hydrogen-bond acceptors (Lipinski definition) is 2. The summed E-state index contributed by atoms with van der Waals surface area (Å²) in [5, 5.41) is 0. The first-order chi connectivity index (χ1) is 8.10. The van der Waals surface area contributed by atoms with E-state index < -0.39 is 24.6 Å². The van der Waals surface area contributed by atoms with Crippen molar-refractivity contribution in [2.75, 3.05) is 0 Å². The number of hydrogen-bond donors (Lipinski definition) is 0. The van der Waals surface area contributed by atoms with Gasteiger partial charge in [-0.3, -0.25) is 0 Å². The minimum absolute atomic E-state index is 0.503. The second-order valence-electron chi connectivity index (χ2n) is 3.00. The molecule has 0 fully saturated rings. The van der Waals surface area contributed by atoms with Crippen LogP contribution in [-0.4, -0.2) is 18.8 Å². The summed E-state index contributed by atoms with van der Waals surface area (Å²) in [6.45, 7) is 0. The van der Waals surface area contributed by atoms with Crippen LogP contribution in [0, 0.1) is 0 Å². The Labute approximate surface area is 106 Å². The molecule has 0 aliphatic rings.